The number of anilines is 2. The zero-order valence-electron chi connectivity index (χ0n) is 9.17. The van der Waals surface area contributed by atoms with Crippen molar-refractivity contribution in [2.75, 3.05) is 11.5 Å². The van der Waals surface area contributed by atoms with Crippen LogP contribution in [0.5, 0.6) is 0 Å². The Labute approximate surface area is 99.1 Å². The summed E-state index contributed by atoms with van der Waals surface area (Å²) in [4.78, 5) is 0. The third kappa shape index (κ3) is 1.95. The summed E-state index contributed by atoms with van der Waals surface area (Å²) in [6.07, 6.45) is 0. The Bertz CT molecular complexity index is 524. The lowest BCUT2D eigenvalue weighted by Crippen LogP contribution is -2.28. The van der Waals surface area contributed by atoms with Gasteiger partial charge in [0.1, 0.15) is 0 Å². The summed E-state index contributed by atoms with van der Waals surface area (Å²) in [5, 5.41) is 20.4. The molecule has 0 spiro atoms. The molecule has 4 nitrogen and oxygen atoms in total. The van der Waals surface area contributed by atoms with Crippen molar-refractivity contribution in [3.63, 3.8) is 0 Å². The van der Waals surface area contributed by atoms with Crippen molar-refractivity contribution in [3.8, 4) is 0 Å². The molecular formula is C13H14N2O2. The van der Waals surface area contributed by atoms with Crippen LogP contribution in [-0.4, -0.2) is 10.2 Å². The molecule has 17 heavy (non-hydrogen) atoms. The van der Waals surface area contributed by atoms with E-state index in [1.807, 2.05) is 0 Å². The lowest BCUT2D eigenvalue weighted by atomic mass is 9.95. The molecule has 0 saturated heterocycles. The smallest absolute Gasteiger partial charge is 0.219 e. The molecule has 0 atom stereocenters. The van der Waals surface area contributed by atoms with Gasteiger partial charge in [0.15, 0.2) is 0 Å². The molecule has 0 fully saturated rings. The molecule has 0 saturated carbocycles. The summed E-state index contributed by atoms with van der Waals surface area (Å²) >= 11 is 0. The number of rotatable bonds is 2. The van der Waals surface area contributed by atoms with Crippen LogP contribution in [0, 0.1) is 0 Å². The van der Waals surface area contributed by atoms with Crippen LogP contribution in [0.2, 0.25) is 0 Å². The summed E-state index contributed by atoms with van der Waals surface area (Å²) in [5.41, 5.74) is 12.4. The highest BCUT2D eigenvalue weighted by atomic mass is 16.5. The van der Waals surface area contributed by atoms with Gasteiger partial charge in [-0.25, -0.2) is 0 Å². The van der Waals surface area contributed by atoms with E-state index >= 15 is 0 Å². The van der Waals surface area contributed by atoms with Gasteiger partial charge in [0.25, 0.3) is 0 Å². The van der Waals surface area contributed by atoms with Crippen LogP contribution in [0.1, 0.15) is 11.1 Å². The second-order valence-electron chi connectivity index (χ2n) is 3.85. The first-order valence-corrected chi connectivity index (χ1v) is 5.18. The van der Waals surface area contributed by atoms with Crippen LogP contribution >= 0.6 is 0 Å². The molecule has 2 rings (SSSR count). The third-order valence-electron chi connectivity index (χ3n) is 2.69. The predicted molar refractivity (Wildman–Crippen MR) is 66.9 cm³/mol. The lowest BCUT2D eigenvalue weighted by Gasteiger charge is -2.24. The Morgan fingerprint density at radius 1 is 0.824 bits per heavy atom. The monoisotopic (exact) mass is 230 g/mol. The highest BCUT2D eigenvalue weighted by Gasteiger charge is 2.30. The van der Waals surface area contributed by atoms with Gasteiger partial charge in [-0.05, 0) is 6.07 Å². The molecule has 0 aliphatic heterocycles. The van der Waals surface area contributed by atoms with E-state index in [4.69, 9.17) is 11.5 Å². The summed E-state index contributed by atoms with van der Waals surface area (Å²) in [5.74, 6) is -2.14. The number of hydrogen-bond acceptors (Lipinski definition) is 4. The van der Waals surface area contributed by atoms with Crippen molar-refractivity contribution in [2.24, 2.45) is 0 Å². The summed E-state index contributed by atoms with van der Waals surface area (Å²) in [7, 11) is 0. The molecule has 0 unspecified atom stereocenters. The van der Waals surface area contributed by atoms with Gasteiger partial charge < -0.3 is 21.7 Å². The molecule has 0 bridgehead atoms. The van der Waals surface area contributed by atoms with Crippen molar-refractivity contribution in [1.82, 2.24) is 0 Å². The standard InChI is InChI=1S/C13H14N2O2/c14-11-8-4-7-10(12(11)15)13(16,17)9-5-2-1-3-6-9/h1-8,16-17H,14-15H2. The molecule has 2 aromatic rings. The van der Waals surface area contributed by atoms with Crippen molar-refractivity contribution < 1.29 is 10.2 Å². The second kappa shape index (κ2) is 4.08. The average Bonchev–Trinajstić information content (AvgIpc) is 2.33. The zero-order valence-corrected chi connectivity index (χ0v) is 9.17. The topological polar surface area (TPSA) is 92.5 Å². The Hall–Kier alpha value is -2.04. The maximum Gasteiger partial charge on any atom is 0.219 e. The first-order valence-electron chi connectivity index (χ1n) is 5.18. The van der Waals surface area contributed by atoms with E-state index in [9.17, 15) is 10.2 Å². The van der Waals surface area contributed by atoms with Gasteiger partial charge in [-0.15, -0.1) is 0 Å². The van der Waals surface area contributed by atoms with Gasteiger partial charge >= 0.3 is 0 Å². The van der Waals surface area contributed by atoms with E-state index in [-0.39, 0.29) is 11.3 Å². The van der Waals surface area contributed by atoms with Gasteiger partial charge in [-0.2, -0.15) is 0 Å². The molecule has 0 amide bonds. The molecular weight excluding hydrogens is 216 g/mol. The van der Waals surface area contributed by atoms with Crippen LogP contribution in [0.3, 0.4) is 0 Å². The fourth-order valence-corrected chi connectivity index (χ4v) is 1.71. The minimum absolute atomic E-state index is 0.182. The van der Waals surface area contributed by atoms with Crippen molar-refractivity contribution in [2.45, 2.75) is 5.79 Å². The zero-order chi connectivity index (χ0) is 12.5. The maximum atomic E-state index is 10.2. The molecule has 6 N–H and O–H groups in total. The SMILES string of the molecule is Nc1cccc(C(O)(O)c2ccccc2)c1N. The minimum Gasteiger partial charge on any atom is -0.397 e. The van der Waals surface area contributed by atoms with Crippen LogP contribution < -0.4 is 11.5 Å². The van der Waals surface area contributed by atoms with E-state index in [1.165, 1.54) is 0 Å². The van der Waals surface area contributed by atoms with Crippen molar-refractivity contribution >= 4 is 11.4 Å². The average molecular weight is 230 g/mol. The van der Waals surface area contributed by atoms with Gasteiger partial charge in [-0.3, -0.25) is 0 Å². The summed E-state index contributed by atoms with van der Waals surface area (Å²) < 4.78 is 0. The van der Waals surface area contributed by atoms with E-state index in [0.29, 0.717) is 11.3 Å². The van der Waals surface area contributed by atoms with Gasteiger partial charge in [0.2, 0.25) is 5.79 Å². The molecule has 4 heteroatoms. The van der Waals surface area contributed by atoms with Gasteiger partial charge in [0, 0.05) is 11.1 Å². The van der Waals surface area contributed by atoms with E-state index in [2.05, 4.69) is 0 Å². The molecule has 0 aromatic heterocycles. The van der Waals surface area contributed by atoms with Crippen LogP contribution in [0.25, 0.3) is 0 Å². The predicted octanol–water partition coefficient (Wildman–Crippen LogP) is 1.04. The molecule has 0 heterocycles. The van der Waals surface area contributed by atoms with Crippen molar-refractivity contribution in [3.05, 3.63) is 59.7 Å². The number of aliphatic hydroxyl groups is 2. The maximum absolute atomic E-state index is 10.2. The number of hydrogen-bond donors (Lipinski definition) is 4. The van der Waals surface area contributed by atoms with Crippen molar-refractivity contribution in [1.29, 1.82) is 0 Å². The Balaban J connectivity index is 2.56. The van der Waals surface area contributed by atoms with Gasteiger partial charge in [-0.1, -0.05) is 42.5 Å². The first kappa shape index (κ1) is 11.4. The van der Waals surface area contributed by atoms with E-state index < -0.39 is 5.79 Å². The number of nitrogens with two attached hydrogens (primary N) is 2. The Morgan fingerprint density at radius 3 is 2.12 bits per heavy atom. The Kier molecular flexibility index (Phi) is 2.75. The minimum atomic E-state index is -2.14. The number of para-hydroxylation sites is 1. The second-order valence-corrected chi connectivity index (χ2v) is 3.85. The largest absolute Gasteiger partial charge is 0.397 e. The highest BCUT2D eigenvalue weighted by Crippen LogP contribution is 2.33. The molecule has 88 valence electrons. The number of benzene rings is 2. The van der Waals surface area contributed by atoms with Gasteiger partial charge in [0.05, 0.1) is 11.4 Å². The quantitative estimate of drug-likeness (QED) is 0.458. The molecule has 0 radical (unpaired) electrons. The third-order valence-corrected chi connectivity index (χ3v) is 2.69. The van der Waals surface area contributed by atoms with E-state index in [0.717, 1.165) is 0 Å². The summed E-state index contributed by atoms with van der Waals surface area (Å²) in [6, 6.07) is 13.2. The lowest BCUT2D eigenvalue weighted by molar-refractivity contribution is -0.131. The highest BCUT2D eigenvalue weighted by molar-refractivity contribution is 5.69. The first-order chi connectivity index (χ1) is 8.03. The Morgan fingerprint density at radius 2 is 1.47 bits per heavy atom. The molecule has 0 aliphatic carbocycles. The van der Waals surface area contributed by atoms with Crippen LogP contribution in [0.4, 0.5) is 11.4 Å². The summed E-state index contributed by atoms with van der Waals surface area (Å²) in [6.45, 7) is 0. The number of nitrogen functional groups attached to an aromatic ring is 2. The fraction of sp³-hybridized carbons (Fsp3) is 0.0769. The normalized spacial score (nSPS) is 11.4. The van der Waals surface area contributed by atoms with Crippen LogP contribution in [0.15, 0.2) is 48.5 Å². The fourth-order valence-electron chi connectivity index (χ4n) is 1.71. The van der Waals surface area contributed by atoms with Crippen LogP contribution in [-0.2, 0) is 5.79 Å². The molecule has 0 aliphatic rings. The van der Waals surface area contributed by atoms with E-state index in [1.54, 1.807) is 48.5 Å². The molecule has 2 aromatic carbocycles.